The molecule has 3 fully saturated rings. The van der Waals surface area contributed by atoms with Gasteiger partial charge in [0.05, 0.1) is 11.3 Å². The molecule has 4 nitrogen and oxygen atoms in total. The summed E-state index contributed by atoms with van der Waals surface area (Å²) in [5.74, 6) is -1.81. The van der Waals surface area contributed by atoms with E-state index in [4.69, 9.17) is 0 Å². The Morgan fingerprint density at radius 3 is 2.05 bits per heavy atom. The second kappa shape index (κ2) is 6.21. The Bertz CT molecular complexity index is 440. The van der Waals surface area contributed by atoms with E-state index < -0.39 is 23.3 Å². The van der Waals surface area contributed by atoms with Crippen LogP contribution in [-0.2, 0) is 9.59 Å². The third-order valence-corrected chi connectivity index (χ3v) is 6.87. The topological polar surface area (TPSA) is 74.6 Å². The van der Waals surface area contributed by atoms with Gasteiger partial charge in [-0.2, -0.15) is 0 Å². The third kappa shape index (κ3) is 2.35. The number of carboxylic acids is 2. The van der Waals surface area contributed by atoms with Gasteiger partial charge in [-0.25, -0.2) is 0 Å². The summed E-state index contributed by atoms with van der Waals surface area (Å²) in [6.07, 6.45) is 10.8. The van der Waals surface area contributed by atoms with E-state index in [0.717, 1.165) is 57.8 Å². The Morgan fingerprint density at radius 1 is 0.773 bits per heavy atom. The maximum Gasteiger partial charge on any atom is 0.311 e. The van der Waals surface area contributed by atoms with E-state index in [-0.39, 0.29) is 11.8 Å². The summed E-state index contributed by atoms with van der Waals surface area (Å²) in [6.45, 7) is 0. The zero-order chi connectivity index (χ0) is 15.7. The Kier molecular flexibility index (Phi) is 4.47. The molecule has 4 unspecified atom stereocenters. The van der Waals surface area contributed by atoms with Gasteiger partial charge in [0.25, 0.3) is 0 Å². The highest BCUT2D eigenvalue weighted by molar-refractivity contribution is 5.84. The molecule has 0 aromatic carbocycles. The lowest BCUT2D eigenvalue weighted by Gasteiger charge is -2.55. The quantitative estimate of drug-likeness (QED) is 0.828. The van der Waals surface area contributed by atoms with Crippen LogP contribution < -0.4 is 0 Å². The molecular weight excluding hydrogens is 280 g/mol. The smallest absolute Gasteiger partial charge is 0.311 e. The zero-order valence-electron chi connectivity index (χ0n) is 13.3. The molecule has 0 aliphatic heterocycles. The maximum atomic E-state index is 12.5. The van der Waals surface area contributed by atoms with E-state index in [1.807, 2.05) is 0 Å². The van der Waals surface area contributed by atoms with Crippen molar-refractivity contribution in [3.8, 4) is 0 Å². The molecule has 0 bridgehead atoms. The molecule has 0 radical (unpaired) electrons. The van der Waals surface area contributed by atoms with Gasteiger partial charge in [0.1, 0.15) is 0 Å². The standard InChI is InChI=1S/C18H28O4/c19-16(20)15-11-10-12-6-4-5-9-14(12)18(15,17(21)22)13-7-2-1-3-8-13/h12-15H,1-11H2,(H,19,20)(H,21,22). The number of hydrogen-bond acceptors (Lipinski definition) is 2. The van der Waals surface area contributed by atoms with Crippen molar-refractivity contribution < 1.29 is 19.8 Å². The Balaban J connectivity index is 2.05. The first kappa shape index (κ1) is 15.8. The van der Waals surface area contributed by atoms with Gasteiger partial charge in [0.15, 0.2) is 0 Å². The van der Waals surface area contributed by atoms with Gasteiger partial charge >= 0.3 is 11.9 Å². The van der Waals surface area contributed by atoms with E-state index in [9.17, 15) is 19.8 Å². The lowest BCUT2D eigenvalue weighted by molar-refractivity contribution is -0.187. The fourth-order valence-electron chi connectivity index (χ4n) is 6.04. The van der Waals surface area contributed by atoms with Crippen LogP contribution in [-0.4, -0.2) is 22.2 Å². The first-order chi connectivity index (χ1) is 10.6. The molecule has 124 valence electrons. The normalized spacial score (nSPS) is 39.9. The van der Waals surface area contributed by atoms with Gasteiger partial charge in [-0.3, -0.25) is 9.59 Å². The van der Waals surface area contributed by atoms with Crippen molar-refractivity contribution in [2.75, 3.05) is 0 Å². The van der Waals surface area contributed by atoms with Crippen molar-refractivity contribution in [2.24, 2.45) is 29.1 Å². The molecule has 4 heteroatoms. The number of carboxylic acid groups (broad SMARTS) is 2. The molecule has 4 atom stereocenters. The van der Waals surface area contributed by atoms with Crippen LogP contribution in [0, 0.1) is 29.1 Å². The van der Waals surface area contributed by atoms with Gasteiger partial charge in [-0.15, -0.1) is 0 Å². The van der Waals surface area contributed by atoms with Crippen LogP contribution in [0.1, 0.15) is 70.6 Å². The Morgan fingerprint density at radius 2 is 1.41 bits per heavy atom. The van der Waals surface area contributed by atoms with Gasteiger partial charge < -0.3 is 10.2 Å². The van der Waals surface area contributed by atoms with E-state index >= 15 is 0 Å². The van der Waals surface area contributed by atoms with Crippen molar-refractivity contribution in [1.82, 2.24) is 0 Å². The largest absolute Gasteiger partial charge is 0.481 e. The van der Waals surface area contributed by atoms with Gasteiger partial charge in [-0.05, 0) is 49.9 Å². The molecule has 3 saturated carbocycles. The van der Waals surface area contributed by atoms with Gasteiger partial charge in [0.2, 0.25) is 0 Å². The molecule has 2 N–H and O–H groups in total. The summed E-state index contributed by atoms with van der Waals surface area (Å²) < 4.78 is 0. The van der Waals surface area contributed by atoms with E-state index in [1.54, 1.807) is 0 Å². The first-order valence-corrected chi connectivity index (χ1v) is 9.04. The highest BCUT2D eigenvalue weighted by Gasteiger charge is 2.62. The maximum absolute atomic E-state index is 12.5. The summed E-state index contributed by atoms with van der Waals surface area (Å²) in [5, 5.41) is 20.0. The van der Waals surface area contributed by atoms with Gasteiger partial charge in [0, 0.05) is 0 Å². The predicted octanol–water partition coefficient (Wildman–Crippen LogP) is 3.94. The Hall–Kier alpha value is -1.06. The average molecular weight is 308 g/mol. The molecule has 0 amide bonds. The molecule has 0 spiro atoms. The van der Waals surface area contributed by atoms with Crippen molar-refractivity contribution in [3.63, 3.8) is 0 Å². The predicted molar refractivity (Wildman–Crippen MR) is 82.5 cm³/mol. The molecule has 0 heterocycles. The van der Waals surface area contributed by atoms with E-state index in [1.165, 1.54) is 6.42 Å². The SMILES string of the molecule is O=C(O)C1CCC2CCCCC2C1(C(=O)O)C1CCCCC1. The van der Waals surface area contributed by atoms with Crippen LogP contribution >= 0.6 is 0 Å². The van der Waals surface area contributed by atoms with Crippen molar-refractivity contribution in [1.29, 1.82) is 0 Å². The van der Waals surface area contributed by atoms with Crippen molar-refractivity contribution in [2.45, 2.75) is 70.6 Å². The molecule has 22 heavy (non-hydrogen) atoms. The molecule has 0 aromatic heterocycles. The van der Waals surface area contributed by atoms with Gasteiger partial charge in [-0.1, -0.05) is 38.5 Å². The number of carbonyl (C=O) groups is 2. The number of hydrogen-bond donors (Lipinski definition) is 2. The van der Waals surface area contributed by atoms with Crippen molar-refractivity contribution >= 4 is 11.9 Å². The Labute approximate surface area is 132 Å². The molecule has 3 aliphatic rings. The molecule has 3 rings (SSSR count). The van der Waals surface area contributed by atoms with Crippen LogP contribution in [0.5, 0.6) is 0 Å². The van der Waals surface area contributed by atoms with Crippen LogP contribution in [0.4, 0.5) is 0 Å². The highest BCUT2D eigenvalue weighted by atomic mass is 16.4. The van der Waals surface area contributed by atoms with E-state index in [2.05, 4.69) is 0 Å². The number of aliphatic carboxylic acids is 2. The average Bonchev–Trinajstić information content (AvgIpc) is 2.54. The van der Waals surface area contributed by atoms with Crippen LogP contribution in [0.2, 0.25) is 0 Å². The van der Waals surface area contributed by atoms with Crippen LogP contribution in [0.15, 0.2) is 0 Å². The lowest BCUT2D eigenvalue weighted by atomic mass is 9.47. The molecule has 0 aromatic rings. The second-order valence-electron chi connectivity index (χ2n) is 7.69. The summed E-state index contributed by atoms with van der Waals surface area (Å²) in [4.78, 5) is 24.4. The lowest BCUT2D eigenvalue weighted by Crippen LogP contribution is -2.58. The summed E-state index contributed by atoms with van der Waals surface area (Å²) >= 11 is 0. The highest BCUT2D eigenvalue weighted by Crippen LogP contribution is 2.60. The molecule has 3 aliphatic carbocycles. The van der Waals surface area contributed by atoms with Crippen LogP contribution in [0.25, 0.3) is 0 Å². The third-order valence-electron chi connectivity index (χ3n) is 6.87. The van der Waals surface area contributed by atoms with E-state index in [0.29, 0.717) is 12.3 Å². The minimum Gasteiger partial charge on any atom is -0.481 e. The molecular formula is C18H28O4. The van der Waals surface area contributed by atoms with Crippen LogP contribution in [0.3, 0.4) is 0 Å². The summed E-state index contributed by atoms with van der Waals surface area (Å²) in [7, 11) is 0. The fraction of sp³-hybridized carbons (Fsp3) is 0.889. The molecule has 0 saturated heterocycles. The summed E-state index contributed by atoms with van der Waals surface area (Å²) in [6, 6.07) is 0. The zero-order valence-corrected chi connectivity index (χ0v) is 13.3. The number of fused-ring (bicyclic) bond motifs is 1. The summed E-state index contributed by atoms with van der Waals surface area (Å²) in [5.41, 5.74) is -1.00. The first-order valence-electron chi connectivity index (χ1n) is 9.04. The minimum atomic E-state index is -1.00. The number of rotatable bonds is 3. The second-order valence-corrected chi connectivity index (χ2v) is 7.69. The minimum absolute atomic E-state index is 0.0609. The fourth-order valence-corrected chi connectivity index (χ4v) is 6.04. The monoisotopic (exact) mass is 308 g/mol. The van der Waals surface area contributed by atoms with Crippen molar-refractivity contribution in [3.05, 3.63) is 0 Å².